The van der Waals surface area contributed by atoms with E-state index >= 15 is 0 Å². The second-order valence-electron chi connectivity index (χ2n) is 6.28. The molecule has 0 aliphatic rings. The number of amides is 1. The van der Waals surface area contributed by atoms with Crippen molar-refractivity contribution in [2.24, 2.45) is 0 Å². The van der Waals surface area contributed by atoms with Crippen molar-refractivity contribution >= 4 is 17.4 Å². The number of hydrogen-bond donors (Lipinski definition) is 3. The lowest BCUT2D eigenvalue weighted by atomic mass is 10.1. The van der Waals surface area contributed by atoms with E-state index in [9.17, 15) is 9.90 Å². The van der Waals surface area contributed by atoms with E-state index in [-0.39, 0.29) is 5.82 Å². The molecule has 29 heavy (non-hydrogen) atoms. The van der Waals surface area contributed by atoms with E-state index in [1.54, 1.807) is 42.5 Å². The summed E-state index contributed by atoms with van der Waals surface area (Å²) in [4.78, 5) is 19.5. The highest BCUT2D eigenvalue weighted by atomic mass is 16.5. The predicted molar refractivity (Wildman–Crippen MR) is 109 cm³/mol. The van der Waals surface area contributed by atoms with Crippen molar-refractivity contribution in [2.45, 2.75) is 13.0 Å². The Morgan fingerprint density at radius 1 is 1.17 bits per heavy atom. The third-order valence-electron chi connectivity index (χ3n) is 4.15. The number of aryl methyl sites for hydroxylation is 1. The number of benzene rings is 2. The monoisotopic (exact) mass is 389 g/mol. The third-order valence-corrected chi connectivity index (χ3v) is 4.15. The van der Waals surface area contributed by atoms with Gasteiger partial charge in [0.15, 0.2) is 11.8 Å². The lowest BCUT2D eigenvalue weighted by molar-refractivity contribution is -0.125. The SMILES string of the molecule is [C-]#[N+]c1ccc(Oc2ccc(-c3cccc(NC(=O)C(O)CO)n3)cc2)cc1C. The molecule has 1 unspecified atom stereocenters. The molecule has 7 heteroatoms. The Morgan fingerprint density at radius 2 is 1.90 bits per heavy atom. The minimum absolute atomic E-state index is 0.274. The molecule has 0 spiro atoms. The van der Waals surface area contributed by atoms with Gasteiger partial charge in [0.2, 0.25) is 0 Å². The van der Waals surface area contributed by atoms with Crippen LogP contribution in [0.5, 0.6) is 11.5 Å². The molecular formula is C22H19N3O4. The maximum absolute atomic E-state index is 11.7. The third kappa shape index (κ3) is 4.96. The van der Waals surface area contributed by atoms with E-state index in [4.69, 9.17) is 16.4 Å². The number of carbonyl (C=O) groups is 1. The second kappa shape index (κ2) is 8.97. The first kappa shape index (κ1) is 20.0. The molecule has 0 bridgehead atoms. The summed E-state index contributed by atoms with van der Waals surface area (Å²) in [6.07, 6.45) is -1.50. The number of aliphatic hydroxyl groups excluding tert-OH is 2. The summed E-state index contributed by atoms with van der Waals surface area (Å²) in [6.45, 7) is 8.30. The Morgan fingerprint density at radius 3 is 2.55 bits per heavy atom. The Bertz CT molecular complexity index is 1060. The molecule has 2 aromatic carbocycles. The Kier molecular flexibility index (Phi) is 6.19. The van der Waals surface area contributed by atoms with E-state index in [0.29, 0.717) is 22.9 Å². The van der Waals surface area contributed by atoms with Crippen LogP contribution in [0.2, 0.25) is 0 Å². The molecule has 1 heterocycles. The number of carbonyl (C=O) groups excluding carboxylic acids is 1. The van der Waals surface area contributed by atoms with Crippen LogP contribution < -0.4 is 10.1 Å². The van der Waals surface area contributed by atoms with Crippen LogP contribution in [-0.4, -0.2) is 33.8 Å². The molecule has 0 saturated carbocycles. The predicted octanol–water partition coefficient (Wildman–Crippen LogP) is 3.69. The fourth-order valence-electron chi connectivity index (χ4n) is 2.60. The van der Waals surface area contributed by atoms with Gasteiger partial charge in [-0.25, -0.2) is 9.83 Å². The van der Waals surface area contributed by atoms with Gasteiger partial charge < -0.3 is 20.3 Å². The van der Waals surface area contributed by atoms with Crippen molar-refractivity contribution in [3.05, 3.63) is 77.6 Å². The number of ether oxygens (including phenoxy) is 1. The van der Waals surface area contributed by atoms with Gasteiger partial charge in [-0.05, 0) is 61.0 Å². The van der Waals surface area contributed by atoms with Gasteiger partial charge in [0, 0.05) is 5.56 Å². The van der Waals surface area contributed by atoms with E-state index in [2.05, 4.69) is 15.1 Å². The Labute approximate surface area is 168 Å². The normalized spacial score (nSPS) is 11.4. The fourth-order valence-corrected chi connectivity index (χ4v) is 2.60. The van der Waals surface area contributed by atoms with Gasteiger partial charge in [-0.15, -0.1) is 0 Å². The molecule has 1 aromatic heterocycles. The van der Waals surface area contributed by atoms with Gasteiger partial charge in [-0.1, -0.05) is 12.1 Å². The second-order valence-corrected chi connectivity index (χ2v) is 6.28. The topological polar surface area (TPSA) is 96.0 Å². The molecule has 0 radical (unpaired) electrons. The number of pyridine rings is 1. The van der Waals surface area contributed by atoms with Crippen LogP contribution in [0, 0.1) is 13.5 Å². The number of rotatable bonds is 6. The summed E-state index contributed by atoms with van der Waals surface area (Å²) < 4.78 is 5.83. The first-order chi connectivity index (χ1) is 14.0. The summed E-state index contributed by atoms with van der Waals surface area (Å²) in [6, 6.07) is 17.7. The maximum Gasteiger partial charge on any atom is 0.256 e. The highest BCUT2D eigenvalue weighted by molar-refractivity contribution is 5.93. The standard InChI is InChI=1S/C22H19N3O4/c1-14-12-17(10-11-18(14)23-2)29-16-8-6-15(7-9-16)19-4-3-5-21(24-19)25-22(28)20(27)13-26/h3-12,20,26-27H,13H2,1H3,(H,24,25,28). The lowest BCUT2D eigenvalue weighted by Gasteiger charge is -2.10. The summed E-state index contributed by atoms with van der Waals surface area (Å²) in [5, 5.41) is 20.6. The minimum atomic E-state index is -1.50. The fraction of sp³-hybridized carbons (Fsp3) is 0.136. The number of nitrogens with one attached hydrogen (secondary N) is 1. The molecule has 3 rings (SSSR count). The van der Waals surface area contributed by atoms with Crippen LogP contribution >= 0.6 is 0 Å². The molecule has 146 valence electrons. The summed E-state index contributed by atoms with van der Waals surface area (Å²) in [7, 11) is 0. The largest absolute Gasteiger partial charge is 0.457 e. The van der Waals surface area contributed by atoms with Crippen LogP contribution in [0.15, 0.2) is 60.7 Å². The molecule has 3 N–H and O–H groups in total. The number of aromatic nitrogens is 1. The average molecular weight is 389 g/mol. The Hall–Kier alpha value is -3.73. The van der Waals surface area contributed by atoms with E-state index in [1.807, 2.05) is 25.1 Å². The van der Waals surface area contributed by atoms with Crippen molar-refractivity contribution in [3.63, 3.8) is 0 Å². The number of nitrogens with zero attached hydrogens (tertiary/aromatic N) is 2. The smallest absolute Gasteiger partial charge is 0.256 e. The van der Waals surface area contributed by atoms with E-state index in [0.717, 1.165) is 11.1 Å². The summed E-state index contributed by atoms with van der Waals surface area (Å²) in [5.41, 5.74) is 2.89. The van der Waals surface area contributed by atoms with Crippen molar-refractivity contribution in [3.8, 4) is 22.8 Å². The highest BCUT2D eigenvalue weighted by Crippen LogP contribution is 2.29. The van der Waals surface area contributed by atoms with Crippen molar-refractivity contribution in [2.75, 3.05) is 11.9 Å². The van der Waals surface area contributed by atoms with Gasteiger partial charge in [-0.2, -0.15) is 0 Å². The van der Waals surface area contributed by atoms with E-state index < -0.39 is 18.6 Å². The highest BCUT2D eigenvalue weighted by Gasteiger charge is 2.14. The first-order valence-corrected chi connectivity index (χ1v) is 8.83. The molecule has 0 fully saturated rings. The minimum Gasteiger partial charge on any atom is -0.457 e. The molecule has 0 aliphatic carbocycles. The zero-order chi connectivity index (χ0) is 20.8. The number of aliphatic hydroxyl groups is 2. The number of hydrogen-bond acceptors (Lipinski definition) is 5. The molecule has 1 atom stereocenters. The molecule has 7 nitrogen and oxygen atoms in total. The lowest BCUT2D eigenvalue weighted by Crippen LogP contribution is -2.30. The van der Waals surface area contributed by atoms with Crippen LogP contribution in [0.25, 0.3) is 16.1 Å². The summed E-state index contributed by atoms with van der Waals surface area (Å²) >= 11 is 0. The number of anilines is 1. The zero-order valence-corrected chi connectivity index (χ0v) is 15.7. The van der Waals surface area contributed by atoms with Gasteiger partial charge in [0.1, 0.15) is 17.3 Å². The van der Waals surface area contributed by atoms with E-state index in [1.165, 1.54) is 0 Å². The molecule has 0 saturated heterocycles. The van der Waals surface area contributed by atoms with Crippen molar-refractivity contribution < 1.29 is 19.7 Å². The van der Waals surface area contributed by atoms with Gasteiger partial charge in [0.05, 0.1) is 18.9 Å². The van der Waals surface area contributed by atoms with Crippen molar-refractivity contribution in [1.82, 2.24) is 4.98 Å². The molecule has 3 aromatic rings. The maximum atomic E-state index is 11.7. The first-order valence-electron chi connectivity index (χ1n) is 8.83. The van der Waals surface area contributed by atoms with Crippen LogP contribution in [0.4, 0.5) is 11.5 Å². The average Bonchev–Trinajstić information content (AvgIpc) is 2.74. The zero-order valence-electron chi connectivity index (χ0n) is 15.7. The molecule has 0 aliphatic heterocycles. The van der Waals surface area contributed by atoms with Crippen LogP contribution in [0.3, 0.4) is 0 Å². The van der Waals surface area contributed by atoms with Crippen molar-refractivity contribution in [1.29, 1.82) is 0 Å². The van der Waals surface area contributed by atoms with Gasteiger partial charge in [-0.3, -0.25) is 4.79 Å². The molecular weight excluding hydrogens is 370 g/mol. The van der Waals surface area contributed by atoms with Crippen LogP contribution in [-0.2, 0) is 4.79 Å². The summed E-state index contributed by atoms with van der Waals surface area (Å²) in [5.74, 6) is 0.836. The van der Waals surface area contributed by atoms with Gasteiger partial charge in [0.25, 0.3) is 5.91 Å². The quantitative estimate of drug-likeness (QED) is 0.559. The van der Waals surface area contributed by atoms with Crippen LogP contribution in [0.1, 0.15) is 5.56 Å². The van der Waals surface area contributed by atoms with Gasteiger partial charge >= 0.3 is 0 Å². The molecule has 1 amide bonds. The Balaban J connectivity index is 1.73.